The molecule has 1 amide bonds. The van der Waals surface area contributed by atoms with Crippen molar-refractivity contribution >= 4 is 38.5 Å². The highest BCUT2D eigenvalue weighted by Crippen LogP contribution is 2.29. The fourth-order valence-electron chi connectivity index (χ4n) is 2.86. The molecule has 0 aliphatic rings. The Morgan fingerprint density at radius 1 is 1.11 bits per heavy atom. The Hall–Kier alpha value is -3.46. The number of amides is 1. The molecule has 1 aromatic heterocycles. The highest BCUT2D eigenvalue weighted by atomic mass is 32.2. The Kier molecular flexibility index (Phi) is 5.02. The zero-order valence-corrected chi connectivity index (χ0v) is 16.1. The second-order valence-corrected chi connectivity index (χ2v) is 8.07. The molecule has 0 saturated carbocycles. The molecule has 5 N–H and O–H groups in total. The summed E-state index contributed by atoms with van der Waals surface area (Å²) in [7, 11) is -3.46. The Morgan fingerprint density at radius 2 is 1.82 bits per heavy atom. The van der Waals surface area contributed by atoms with Crippen molar-refractivity contribution in [1.29, 1.82) is 0 Å². The highest BCUT2D eigenvalue weighted by molar-refractivity contribution is 7.92. The third-order valence-electron chi connectivity index (χ3n) is 4.00. The second-order valence-electron chi connectivity index (χ2n) is 6.32. The van der Waals surface area contributed by atoms with Crippen LogP contribution in [-0.2, 0) is 10.0 Å². The summed E-state index contributed by atoms with van der Waals surface area (Å²) < 4.78 is 25.5. The summed E-state index contributed by atoms with van der Waals surface area (Å²) in [5, 5.41) is 0.506. The van der Waals surface area contributed by atoms with Crippen LogP contribution in [0.1, 0.15) is 15.9 Å². The molecule has 28 heavy (non-hydrogen) atoms. The van der Waals surface area contributed by atoms with Crippen molar-refractivity contribution in [2.45, 2.75) is 6.92 Å². The monoisotopic (exact) mass is 397 g/mol. The van der Waals surface area contributed by atoms with Gasteiger partial charge in [0.2, 0.25) is 10.0 Å². The first-order valence-corrected chi connectivity index (χ1v) is 10.2. The quantitative estimate of drug-likeness (QED) is 0.454. The zero-order chi connectivity index (χ0) is 20.5. The lowest BCUT2D eigenvalue weighted by Crippen LogP contribution is -2.24. The number of guanidine groups is 1. The van der Waals surface area contributed by atoms with Crippen molar-refractivity contribution in [3.63, 3.8) is 0 Å². The number of benzene rings is 2. The Balaban J connectivity index is 2.28. The number of pyridine rings is 1. The van der Waals surface area contributed by atoms with Crippen molar-refractivity contribution < 1.29 is 13.2 Å². The minimum Gasteiger partial charge on any atom is -0.370 e. The van der Waals surface area contributed by atoms with E-state index in [1.807, 2.05) is 31.2 Å². The van der Waals surface area contributed by atoms with E-state index in [1.165, 1.54) is 0 Å². The minimum absolute atomic E-state index is 0.266. The average molecular weight is 397 g/mol. The molecule has 144 valence electrons. The van der Waals surface area contributed by atoms with Gasteiger partial charge in [-0.25, -0.2) is 13.4 Å². The number of aliphatic imine (C=N–C) groups is 1. The summed E-state index contributed by atoms with van der Waals surface area (Å²) in [4.78, 5) is 20.8. The van der Waals surface area contributed by atoms with Gasteiger partial charge in [-0.3, -0.25) is 9.52 Å². The molecule has 0 bridgehead atoms. The molecule has 3 aromatic rings. The molecule has 0 saturated heterocycles. The number of aryl methyl sites for hydroxylation is 1. The van der Waals surface area contributed by atoms with Crippen LogP contribution in [0.4, 0.5) is 5.69 Å². The van der Waals surface area contributed by atoms with Crippen molar-refractivity contribution in [3.05, 3.63) is 59.7 Å². The van der Waals surface area contributed by atoms with E-state index in [0.29, 0.717) is 22.3 Å². The molecule has 1 heterocycles. The van der Waals surface area contributed by atoms with Gasteiger partial charge in [0.1, 0.15) is 0 Å². The normalized spacial score (nSPS) is 11.2. The van der Waals surface area contributed by atoms with Gasteiger partial charge in [-0.2, -0.15) is 4.99 Å². The van der Waals surface area contributed by atoms with Gasteiger partial charge in [-0.05, 0) is 36.8 Å². The maximum atomic E-state index is 12.6. The first-order valence-electron chi connectivity index (χ1n) is 8.26. The van der Waals surface area contributed by atoms with E-state index in [-0.39, 0.29) is 11.5 Å². The van der Waals surface area contributed by atoms with Crippen LogP contribution < -0.4 is 16.2 Å². The molecule has 8 nitrogen and oxygen atoms in total. The number of nitrogens with two attached hydrogens (primary N) is 2. The predicted molar refractivity (Wildman–Crippen MR) is 111 cm³/mol. The number of rotatable bonds is 4. The molecule has 9 heteroatoms. The van der Waals surface area contributed by atoms with Gasteiger partial charge >= 0.3 is 0 Å². The summed E-state index contributed by atoms with van der Waals surface area (Å²) in [6, 6.07) is 13.9. The van der Waals surface area contributed by atoms with E-state index >= 15 is 0 Å². The lowest BCUT2D eigenvalue weighted by atomic mass is 10.0. The number of nitrogens with zero attached hydrogens (tertiary/aromatic N) is 2. The number of hydrogen-bond acceptors (Lipinski definition) is 4. The number of aromatic nitrogens is 1. The van der Waals surface area contributed by atoms with E-state index in [0.717, 1.165) is 17.4 Å². The summed E-state index contributed by atoms with van der Waals surface area (Å²) >= 11 is 0. The third kappa shape index (κ3) is 4.26. The van der Waals surface area contributed by atoms with Crippen molar-refractivity contribution in [2.75, 3.05) is 11.0 Å². The molecule has 0 aliphatic carbocycles. The van der Waals surface area contributed by atoms with Gasteiger partial charge in [0, 0.05) is 10.9 Å². The molecule has 3 rings (SSSR count). The molecular weight excluding hydrogens is 378 g/mol. The molecule has 0 radical (unpaired) electrons. The van der Waals surface area contributed by atoms with Crippen LogP contribution in [0.5, 0.6) is 0 Å². The topological polar surface area (TPSA) is 141 Å². The number of carbonyl (C=O) groups excluding carboxylic acids is 1. The number of sulfonamides is 1. The Bertz CT molecular complexity index is 1220. The van der Waals surface area contributed by atoms with Gasteiger partial charge < -0.3 is 11.5 Å². The summed E-state index contributed by atoms with van der Waals surface area (Å²) in [5.41, 5.74) is 14.1. The van der Waals surface area contributed by atoms with Gasteiger partial charge in [0.05, 0.1) is 28.7 Å². The van der Waals surface area contributed by atoms with Crippen LogP contribution in [-0.4, -0.2) is 31.5 Å². The average Bonchev–Trinajstić information content (AvgIpc) is 2.59. The Labute approximate surface area is 162 Å². The maximum absolute atomic E-state index is 12.6. The van der Waals surface area contributed by atoms with Crippen LogP contribution in [0.2, 0.25) is 0 Å². The van der Waals surface area contributed by atoms with Crippen LogP contribution in [0, 0.1) is 6.92 Å². The third-order valence-corrected chi connectivity index (χ3v) is 4.60. The van der Waals surface area contributed by atoms with Crippen molar-refractivity contribution in [3.8, 4) is 11.3 Å². The van der Waals surface area contributed by atoms with Gasteiger partial charge in [0.15, 0.2) is 5.96 Å². The fourth-order valence-corrected chi connectivity index (χ4v) is 3.41. The van der Waals surface area contributed by atoms with Crippen molar-refractivity contribution in [2.24, 2.45) is 16.5 Å². The minimum atomic E-state index is -3.46. The first-order chi connectivity index (χ1) is 13.1. The zero-order valence-electron chi connectivity index (χ0n) is 15.3. The number of hydrogen-bond donors (Lipinski definition) is 3. The fraction of sp³-hybridized carbons (Fsp3) is 0.105. The van der Waals surface area contributed by atoms with Gasteiger partial charge in [-0.15, -0.1) is 0 Å². The van der Waals surface area contributed by atoms with E-state index < -0.39 is 15.9 Å². The van der Waals surface area contributed by atoms with Crippen LogP contribution in [0.15, 0.2) is 53.5 Å². The smallest absolute Gasteiger partial charge is 0.280 e. The summed E-state index contributed by atoms with van der Waals surface area (Å²) in [5.74, 6) is -0.950. The Morgan fingerprint density at radius 3 is 2.46 bits per heavy atom. The maximum Gasteiger partial charge on any atom is 0.280 e. The number of anilines is 1. The second kappa shape index (κ2) is 7.28. The lowest BCUT2D eigenvalue weighted by molar-refractivity contribution is 0.100. The molecule has 0 aliphatic heterocycles. The van der Waals surface area contributed by atoms with Crippen molar-refractivity contribution in [1.82, 2.24) is 4.98 Å². The molecule has 0 unspecified atom stereocenters. The molecule has 0 fully saturated rings. The molecular formula is C19H19N5O3S. The molecule has 0 atom stereocenters. The highest BCUT2D eigenvalue weighted by Gasteiger charge is 2.16. The first kappa shape index (κ1) is 19.3. The van der Waals surface area contributed by atoms with E-state index in [1.54, 1.807) is 24.3 Å². The summed E-state index contributed by atoms with van der Waals surface area (Å²) in [6.45, 7) is 1.93. The van der Waals surface area contributed by atoms with Crippen LogP contribution >= 0.6 is 0 Å². The van der Waals surface area contributed by atoms with Crippen LogP contribution in [0.3, 0.4) is 0 Å². The van der Waals surface area contributed by atoms with Crippen LogP contribution in [0.25, 0.3) is 22.2 Å². The summed E-state index contributed by atoms with van der Waals surface area (Å²) in [6.07, 6.45) is 1.06. The van der Waals surface area contributed by atoms with Gasteiger partial charge in [-0.1, -0.05) is 24.3 Å². The molecule has 2 aromatic carbocycles. The number of fused-ring (bicyclic) bond motifs is 1. The van der Waals surface area contributed by atoms with Gasteiger partial charge in [0.25, 0.3) is 5.91 Å². The standard InChI is InChI=1S/C19H19N5O3S/c1-11-5-3-4-6-13(11)17-10-15(18(25)23-19(20)21)14-8-7-12(9-16(14)22-17)24-28(2,26)27/h3-10,24H,1-2H3,(H4,20,21,23,25). The number of nitrogens with one attached hydrogen (secondary N) is 1. The van der Waals surface area contributed by atoms with E-state index in [9.17, 15) is 13.2 Å². The predicted octanol–water partition coefficient (Wildman–Crippen LogP) is 2.00. The van der Waals surface area contributed by atoms with E-state index in [4.69, 9.17) is 11.5 Å². The lowest BCUT2D eigenvalue weighted by Gasteiger charge is -2.11. The molecule has 0 spiro atoms. The van der Waals surface area contributed by atoms with E-state index in [2.05, 4.69) is 14.7 Å². The SMILES string of the molecule is Cc1ccccc1-c1cc(C(=O)N=C(N)N)c2ccc(NS(C)(=O)=O)cc2n1. The number of carbonyl (C=O) groups is 1. The largest absolute Gasteiger partial charge is 0.370 e.